The SMILES string of the molecule is CC1CCCC(NC2CSC(C)C2)C1. The van der Waals surface area contributed by atoms with Gasteiger partial charge < -0.3 is 5.32 Å². The monoisotopic (exact) mass is 213 g/mol. The molecule has 0 bridgehead atoms. The first kappa shape index (κ1) is 10.8. The van der Waals surface area contributed by atoms with Gasteiger partial charge in [0.15, 0.2) is 0 Å². The molecule has 0 aromatic heterocycles. The molecule has 1 saturated heterocycles. The third-order valence-corrected chi connectivity index (χ3v) is 4.96. The van der Waals surface area contributed by atoms with Gasteiger partial charge in [-0.25, -0.2) is 0 Å². The Morgan fingerprint density at radius 2 is 1.93 bits per heavy atom. The highest BCUT2D eigenvalue weighted by Crippen LogP contribution is 2.29. The lowest BCUT2D eigenvalue weighted by Crippen LogP contribution is -2.41. The third-order valence-electron chi connectivity index (χ3n) is 3.61. The maximum absolute atomic E-state index is 3.86. The highest BCUT2D eigenvalue weighted by atomic mass is 32.2. The van der Waals surface area contributed by atoms with Crippen molar-refractivity contribution in [2.24, 2.45) is 5.92 Å². The summed E-state index contributed by atoms with van der Waals surface area (Å²) < 4.78 is 0. The van der Waals surface area contributed by atoms with Gasteiger partial charge in [-0.3, -0.25) is 0 Å². The molecular weight excluding hydrogens is 190 g/mol. The van der Waals surface area contributed by atoms with E-state index in [-0.39, 0.29) is 0 Å². The van der Waals surface area contributed by atoms with Crippen molar-refractivity contribution in [3.8, 4) is 0 Å². The molecule has 0 spiro atoms. The average molecular weight is 213 g/mol. The van der Waals surface area contributed by atoms with Crippen molar-refractivity contribution in [2.45, 2.75) is 63.3 Å². The van der Waals surface area contributed by atoms with Gasteiger partial charge >= 0.3 is 0 Å². The first-order valence-electron chi connectivity index (χ1n) is 6.11. The maximum atomic E-state index is 3.86. The van der Waals surface area contributed by atoms with Crippen LogP contribution in [0.4, 0.5) is 0 Å². The highest BCUT2D eigenvalue weighted by Gasteiger charge is 2.26. The van der Waals surface area contributed by atoms with Gasteiger partial charge in [0.05, 0.1) is 0 Å². The lowest BCUT2D eigenvalue weighted by molar-refractivity contribution is 0.284. The van der Waals surface area contributed by atoms with Crippen LogP contribution in [0.3, 0.4) is 0 Å². The molecule has 4 atom stereocenters. The highest BCUT2D eigenvalue weighted by molar-refractivity contribution is 8.00. The molecule has 2 fully saturated rings. The van der Waals surface area contributed by atoms with Crippen LogP contribution in [0.1, 0.15) is 46.0 Å². The van der Waals surface area contributed by atoms with Crippen LogP contribution in [-0.4, -0.2) is 23.1 Å². The second kappa shape index (κ2) is 4.89. The fourth-order valence-electron chi connectivity index (χ4n) is 2.85. The Balaban J connectivity index is 1.74. The molecule has 1 aliphatic carbocycles. The fraction of sp³-hybridized carbons (Fsp3) is 1.00. The van der Waals surface area contributed by atoms with Crippen molar-refractivity contribution in [2.75, 3.05) is 5.75 Å². The molecule has 1 nitrogen and oxygen atoms in total. The van der Waals surface area contributed by atoms with Crippen LogP contribution in [0, 0.1) is 5.92 Å². The second-order valence-corrected chi connectivity index (χ2v) is 6.68. The van der Waals surface area contributed by atoms with Gasteiger partial charge in [0, 0.05) is 23.1 Å². The normalized spacial score (nSPS) is 44.1. The summed E-state index contributed by atoms with van der Waals surface area (Å²) in [5, 5.41) is 4.74. The van der Waals surface area contributed by atoms with Gasteiger partial charge in [-0.15, -0.1) is 0 Å². The summed E-state index contributed by atoms with van der Waals surface area (Å²) in [6.07, 6.45) is 7.10. The van der Waals surface area contributed by atoms with Crippen LogP contribution in [0.15, 0.2) is 0 Å². The van der Waals surface area contributed by atoms with Gasteiger partial charge in [0.2, 0.25) is 0 Å². The Kier molecular flexibility index (Phi) is 3.78. The molecule has 0 radical (unpaired) electrons. The Morgan fingerprint density at radius 1 is 1.07 bits per heavy atom. The Labute approximate surface area is 92.4 Å². The quantitative estimate of drug-likeness (QED) is 0.756. The molecular formula is C12H23NS. The lowest BCUT2D eigenvalue weighted by Gasteiger charge is -2.29. The molecule has 14 heavy (non-hydrogen) atoms. The van der Waals surface area contributed by atoms with Crippen molar-refractivity contribution >= 4 is 11.8 Å². The van der Waals surface area contributed by atoms with Crippen molar-refractivity contribution in [1.82, 2.24) is 5.32 Å². The van der Waals surface area contributed by atoms with E-state index in [9.17, 15) is 0 Å². The largest absolute Gasteiger partial charge is 0.310 e. The van der Waals surface area contributed by atoms with Gasteiger partial charge in [-0.2, -0.15) is 11.8 Å². The summed E-state index contributed by atoms with van der Waals surface area (Å²) in [5.74, 6) is 2.29. The molecule has 0 amide bonds. The smallest absolute Gasteiger partial charge is 0.0171 e. The Bertz CT molecular complexity index is 183. The third kappa shape index (κ3) is 2.90. The summed E-state index contributed by atoms with van der Waals surface area (Å²) >= 11 is 2.13. The van der Waals surface area contributed by atoms with E-state index >= 15 is 0 Å². The average Bonchev–Trinajstić information content (AvgIpc) is 2.51. The zero-order valence-corrected chi connectivity index (χ0v) is 10.3. The Hall–Kier alpha value is 0.310. The van der Waals surface area contributed by atoms with E-state index in [1.165, 1.54) is 37.9 Å². The van der Waals surface area contributed by atoms with Crippen molar-refractivity contribution in [3.05, 3.63) is 0 Å². The van der Waals surface area contributed by atoms with Gasteiger partial charge in [0.1, 0.15) is 0 Å². The molecule has 4 unspecified atom stereocenters. The molecule has 1 aliphatic heterocycles. The minimum atomic E-state index is 0.810. The Morgan fingerprint density at radius 3 is 2.57 bits per heavy atom. The molecule has 0 aromatic rings. The van der Waals surface area contributed by atoms with Crippen LogP contribution >= 0.6 is 11.8 Å². The lowest BCUT2D eigenvalue weighted by atomic mass is 9.86. The van der Waals surface area contributed by atoms with E-state index in [2.05, 4.69) is 30.9 Å². The number of hydrogen-bond donors (Lipinski definition) is 1. The second-order valence-electron chi connectivity index (χ2n) is 5.21. The van der Waals surface area contributed by atoms with E-state index in [0.717, 1.165) is 23.3 Å². The molecule has 2 rings (SSSR count). The van der Waals surface area contributed by atoms with E-state index in [1.54, 1.807) is 0 Å². The number of hydrogen-bond acceptors (Lipinski definition) is 2. The summed E-state index contributed by atoms with van der Waals surface area (Å²) in [7, 11) is 0. The van der Waals surface area contributed by atoms with E-state index in [0.29, 0.717) is 0 Å². The van der Waals surface area contributed by atoms with Crippen molar-refractivity contribution in [1.29, 1.82) is 0 Å². The maximum Gasteiger partial charge on any atom is 0.0171 e. The number of thioether (sulfide) groups is 1. The summed E-state index contributed by atoms with van der Waals surface area (Å²) in [5.41, 5.74) is 0. The minimum absolute atomic E-state index is 0.810. The van der Waals surface area contributed by atoms with Crippen LogP contribution in [-0.2, 0) is 0 Å². The molecule has 2 heteroatoms. The molecule has 0 aromatic carbocycles. The standard InChI is InChI=1S/C12H23NS/c1-9-4-3-5-11(6-9)13-12-7-10(2)14-8-12/h9-13H,3-8H2,1-2H3. The molecule has 82 valence electrons. The summed E-state index contributed by atoms with van der Waals surface area (Å²) in [4.78, 5) is 0. The molecule has 2 aliphatic rings. The van der Waals surface area contributed by atoms with Crippen molar-refractivity contribution < 1.29 is 0 Å². The van der Waals surface area contributed by atoms with Crippen LogP contribution < -0.4 is 5.32 Å². The predicted octanol–water partition coefficient (Wildman–Crippen LogP) is 3.05. The summed E-state index contributed by atoms with van der Waals surface area (Å²) in [6, 6.07) is 1.64. The zero-order chi connectivity index (χ0) is 9.97. The molecule has 1 N–H and O–H groups in total. The molecule has 1 saturated carbocycles. The van der Waals surface area contributed by atoms with Gasteiger partial charge in [-0.1, -0.05) is 26.7 Å². The van der Waals surface area contributed by atoms with Gasteiger partial charge in [0.25, 0.3) is 0 Å². The van der Waals surface area contributed by atoms with Crippen LogP contribution in [0.25, 0.3) is 0 Å². The van der Waals surface area contributed by atoms with Crippen molar-refractivity contribution in [3.63, 3.8) is 0 Å². The predicted molar refractivity (Wildman–Crippen MR) is 64.9 cm³/mol. The van der Waals surface area contributed by atoms with E-state index < -0.39 is 0 Å². The fourth-order valence-corrected chi connectivity index (χ4v) is 4.01. The first-order chi connectivity index (χ1) is 6.74. The minimum Gasteiger partial charge on any atom is -0.310 e. The van der Waals surface area contributed by atoms with E-state index in [1.807, 2.05) is 0 Å². The first-order valence-corrected chi connectivity index (χ1v) is 7.16. The topological polar surface area (TPSA) is 12.0 Å². The van der Waals surface area contributed by atoms with Crippen LogP contribution in [0.5, 0.6) is 0 Å². The van der Waals surface area contributed by atoms with E-state index in [4.69, 9.17) is 0 Å². The van der Waals surface area contributed by atoms with Gasteiger partial charge in [-0.05, 0) is 25.2 Å². The summed E-state index contributed by atoms with van der Waals surface area (Å²) in [6.45, 7) is 4.76. The number of nitrogens with one attached hydrogen (secondary N) is 1. The van der Waals surface area contributed by atoms with Crippen LogP contribution in [0.2, 0.25) is 0 Å². The molecule has 1 heterocycles. The zero-order valence-electron chi connectivity index (χ0n) is 9.46. The number of rotatable bonds is 2.